The number of nitrogen functional groups attached to an aromatic ring is 1. The van der Waals surface area contributed by atoms with Crippen molar-refractivity contribution < 1.29 is 4.79 Å². The summed E-state index contributed by atoms with van der Waals surface area (Å²) in [4.78, 5) is 16.5. The lowest BCUT2D eigenvalue weighted by Crippen LogP contribution is -2.13. The topological polar surface area (TPSA) is 68.0 Å². The predicted octanol–water partition coefficient (Wildman–Crippen LogP) is 3.78. The van der Waals surface area contributed by atoms with Crippen molar-refractivity contribution in [3.8, 4) is 0 Å². The minimum atomic E-state index is -0.316. The van der Waals surface area contributed by atoms with Crippen LogP contribution in [0.4, 0.5) is 10.8 Å². The molecule has 4 nitrogen and oxygen atoms in total. The first kappa shape index (κ1) is 12.9. The molecule has 0 fully saturated rings. The third-order valence-corrected chi connectivity index (χ3v) is 4.09. The zero-order chi connectivity index (χ0) is 14.1. The highest BCUT2D eigenvalue weighted by molar-refractivity contribution is 7.22. The van der Waals surface area contributed by atoms with Crippen LogP contribution in [0.25, 0.3) is 10.2 Å². The third kappa shape index (κ3) is 2.33. The number of benzene rings is 2. The molecule has 1 heterocycles. The fourth-order valence-corrected chi connectivity index (χ4v) is 2.86. The highest BCUT2D eigenvalue weighted by atomic mass is 35.5. The van der Waals surface area contributed by atoms with E-state index >= 15 is 0 Å². The summed E-state index contributed by atoms with van der Waals surface area (Å²) in [5.74, 6) is -0.316. The number of nitrogens with two attached hydrogens (primary N) is 1. The molecular weight excluding hydrogens is 294 g/mol. The van der Waals surface area contributed by atoms with Gasteiger partial charge in [-0.05, 0) is 24.3 Å². The average molecular weight is 304 g/mol. The van der Waals surface area contributed by atoms with Crippen LogP contribution in [0.15, 0.2) is 42.5 Å². The van der Waals surface area contributed by atoms with E-state index in [0.29, 0.717) is 15.7 Å². The highest BCUT2D eigenvalue weighted by Crippen LogP contribution is 2.27. The second-order valence-electron chi connectivity index (χ2n) is 4.14. The SMILES string of the molecule is Nc1c(Cl)cccc1C(=O)Nc1nc2ccccc2s1. The Bertz CT molecular complexity index is 767. The molecule has 100 valence electrons. The van der Waals surface area contributed by atoms with Gasteiger partial charge in [-0.3, -0.25) is 10.1 Å². The number of hydrogen-bond donors (Lipinski definition) is 2. The Hall–Kier alpha value is -2.11. The zero-order valence-electron chi connectivity index (χ0n) is 10.3. The van der Waals surface area contributed by atoms with E-state index in [-0.39, 0.29) is 11.6 Å². The summed E-state index contributed by atoms with van der Waals surface area (Å²) in [6, 6.07) is 12.6. The predicted molar refractivity (Wildman–Crippen MR) is 83.4 cm³/mol. The Morgan fingerprint density at radius 1 is 1.20 bits per heavy atom. The lowest BCUT2D eigenvalue weighted by molar-refractivity contribution is 0.102. The van der Waals surface area contributed by atoms with Crippen LogP contribution in [-0.4, -0.2) is 10.9 Å². The third-order valence-electron chi connectivity index (χ3n) is 2.81. The van der Waals surface area contributed by atoms with E-state index in [1.54, 1.807) is 18.2 Å². The van der Waals surface area contributed by atoms with Gasteiger partial charge in [-0.2, -0.15) is 0 Å². The largest absolute Gasteiger partial charge is 0.397 e. The van der Waals surface area contributed by atoms with E-state index < -0.39 is 0 Å². The maximum Gasteiger partial charge on any atom is 0.259 e. The molecule has 20 heavy (non-hydrogen) atoms. The summed E-state index contributed by atoms with van der Waals surface area (Å²) in [5.41, 5.74) is 7.27. The van der Waals surface area contributed by atoms with Crippen molar-refractivity contribution >= 4 is 49.9 Å². The molecule has 3 rings (SSSR count). The van der Waals surface area contributed by atoms with Crippen LogP contribution in [0.5, 0.6) is 0 Å². The van der Waals surface area contributed by atoms with Crippen molar-refractivity contribution in [1.82, 2.24) is 4.98 Å². The van der Waals surface area contributed by atoms with Crippen LogP contribution in [0, 0.1) is 0 Å². The first-order valence-electron chi connectivity index (χ1n) is 5.86. The quantitative estimate of drug-likeness (QED) is 0.708. The summed E-state index contributed by atoms with van der Waals surface area (Å²) in [7, 11) is 0. The van der Waals surface area contributed by atoms with Gasteiger partial charge in [0.2, 0.25) is 0 Å². The lowest BCUT2D eigenvalue weighted by atomic mass is 10.1. The summed E-state index contributed by atoms with van der Waals surface area (Å²) in [5, 5.41) is 3.65. The summed E-state index contributed by atoms with van der Waals surface area (Å²) < 4.78 is 1.02. The number of hydrogen-bond acceptors (Lipinski definition) is 4. The minimum Gasteiger partial charge on any atom is -0.397 e. The monoisotopic (exact) mass is 303 g/mol. The molecule has 6 heteroatoms. The van der Waals surface area contributed by atoms with E-state index in [4.69, 9.17) is 17.3 Å². The highest BCUT2D eigenvalue weighted by Gasteiger charge is 2.13. The fourth-order valence-electron chi connectivity index (χ4n) is 1.83. The van der Waals surface area contributed by atoms with E-state index in [0.717, 1.165) is 10.2 Å². The maximum absolute atomic E-state index is 12.2. The van der Waals surface area contributed by atoms with Gasteiger partial charge in [0.05, 0.1) is 26.5 Å². The number of fused-ring (bicyclic) bond motifs is 1. The molecule has 3 N–H and O–H groups in total. The average Bonchev–Trinajstić information content (AvgIpc) is 2.83. The molecule has 0 unspecified atom stereocenters. The van der Waals surface area contributed by atoms with Crippen molar-refractivity contribution in [2.24, 2.45) is 0 Å². The summed E-state index contributed by atoms with van der Waals surface area (Å²) >= 11 is 7.32. The zero-order valence-corrected chi connectivity index (χ0v) is 11.8. The number of carbonyl (C=O) groups excluding carboxylic acids is 1. The van der Waals surface area contributed by atoms with Gasteiger partial charge in [-0.15, -0.1) is 0 Å². The molecule has 0 aliphatic rings. The fraction of sp³-hybridized carbons (Fsp3) is 0. The number of nitrogens with zero attached hydrogens (tertiary/aromatic N) is 1. The number of anilines is 2. The van der Waals surface area contributed by atoms with E-state index in [1.807, 2.05) is 24.3 Å². The van der Waals surface area contributed by atoms with Crippen molar-refractivity contribution in [2.45, 2.75) is 0 Å². The number of thiazole rings is 1. The molecule has 1 aromatic heterocycles. The van der Waals surface area contributed by atoms with Crippen LogP contribution in [0.2, 0.25) is 5.02 Å². The Morgan fingerprint density at radius 2 is 2.00 bits per heavy atom. The molecule has 0 aliphatic heterocycles. The standard InChI is InChI=1S/C14H10ClN3OS/c15-9-5-3-4-8(12(9)16)13(19)18-14-17-10-6-1-2-7-11(10)20-14/h1-7H,16H2,(H,17,18,19). The number of halogens is 1. The van der Waals surface area contributed by atoms with Gasteiger partial charge >= 0.3 is 0 Å². The van der Waals surface area contributed by atoms with Crippen molar-refractivity contribution in [2.75, 3.05) is 11.1 Å². The Morgan fingerprint density at radius 3 is 2.80 bits per heavy atom. The lowest BCUT2D eigenvalue weighted by Gasteiger charge is -2.06. The summed E-state index contributed by atoms with van der Waals surface area (Å²) in [6.07, 6.45) is 0. The molecular formula is C14H10ClN3OS. The number of nitrogens with one attached hydrogen (secondary N) is 1. The van der Waals surface area contributed by atoms with Crippen LogP contribution in [0.3, 0.4) is 0 Å². The van der Waals surface area contributed by atoms with Gasteiger partial charge in [0.15, 0.2) is 5.13 Å². The van der Waals surface area contributed by atoms with Crippen LogP contribution in [-0.2, 0) is 0 Å². The molecule has 1 amide bonds. The number of aromatic nitrogens is 1. The van der Waals surface area contributed by atoms with E-state index in [2.05, 4.69) is 10.3 Å². The smallest absolute Gasteiger partial charge is 0.259 e. The number of carbonyl (C=O) groups is 1. The van der Waals surface area contributed by atoms with Gasteiger partial charge < -0.3 is 5.73 Å². The maximum atomic E-state index is 12.2. The second-order valence-corrected chi connectivity index (χ2v) is 5.58. The summed E-state index contributed by atoms with van der Waals surface area (Å²) in [6.45, 7) is 0. The van der Waals surface area contributed by atoms with Crippen LogP contribution < -0.4 is 11.1 Å². The Labute approximate surface area is 124 Å². The molecule has 0 bridgehead atoms. The molecule has 0 radical (unpaired) electrons. The molecule has 2 aromatic carbocycles. The Balaban J connectivity index is 1.90. The van der Waals surface area contributed by atoms with Gasteiger partial charge in [-0.1, -0.05) is 41.1 Å². The number of para-hydroxylation sites is 2. The van der Waals surface area contributed by atoms with Crippen molar-refractivity contribution in [3.05, 3.63) is 53.1 Å². The number of rotatable bonds is 2. The molecule has 0 saturated heterocycles. The van der Waals surface area contributed by atoms with Crippen molar-refractivity contribution in [1.29, 1.82) is 0 Å². The molecule has 0 aliphatic carbocycles. The molecule has 0 saturated carbocycles. The van der Waals surface area contributed by atoms with Gasteiger partial charge in [0.1, 0.15) is 0 Å². The number of amides is 1. The molecule has 0 spiro atoms. The van der Waals surface area contributed by atoms with Gasteiger partial charge in [0.25, 0.3) is 5.91 Å². The van der Waals surface area contributed by atoms with E-state index in [1.165, 1.54) is 11.3 Å². The van der Waals surface area contributed by atoms with E-state index in [9.17, 15) is 4.79 Å². The minimum absolute atomic E-state index is 0.271. The van der Waals surface area contributed by atoms with Gasteiger partial charge in [-0.25, -0.2) is 4.98 Å². The van der Waals surface area contributed by atoms with Crippen LogP contribution in [0.1, 0.15) is 10.4 Å². The first-order chi connectivity index (χ1) is 9.65. The molecule has 3 aromatic rings. The Kier molecular flexibility index (Phi) is 3.30. The van der Waals surface area contributed by atoms with Gasteiger partial charge in [0, 0.05) is 0 Å². The molecule has 0 atom stereocenters. The van der Waals surface area contributed by atoms with Crippen molar-refractivity contribution in [3.63, 3.8) is 0 Å². The second kappa shape index (κ2) is 5.11. The normalized spacial score (nSPS) is 10.7. The van der Waals surface area contributed by atoms with Crippen LogP contribution >= 0.6 is 22.9 Å². The first-order valence-corrected chi connectivity index (χ1v) is 7.05.